The Morgan fingerprint density at radius 3 is 2.50 bits per heavy atom. The molecule has 0 amide bonds. The van der Waals surface area contributed by atoms with Gasteiger partial charge in [0.1, 0.15) is 5.69 Å². The van der Waals surface area contributed by atoms with Gasteiger partial charge in [-0.15, -0.1) is 0 Å². The van der Waals surface area contributed by atoms with Crippen molar-refractivity contribution in [3.05, 3.63) is 53.9 Å². The molecule has 0 fully saturated rings. The number of halogens is 3. The van der Waals surface area contributed by atoms with Crippen LogP contribution < -0.4 is 5.32 Å². The molecule has 0 radical (unpaired) electrons. The van der Waals surface area contributed by atoms with Crippen LogP contribution in [0.5, 0.6) is 0 Å². The van der Waals surface area contributed by atoms with Gasteiger partial charge >= 0.3 is 6.18 Å². The molecule has 0 aliphatic rings. The molecule has 20 heavy (non-hydrogen) atoms. The fourth-order valence-corrected chi connectivity index (χ4v) is 1.83. The molecule has 1 heterocycles. The summed E-state index contributed by atoms with van der Waals surface area (Å²) in [5.41, 5.74) is 0.154. The number of nitrogens with one attached hydrogen (secondary N) is 1. The predicted molar refractivity (Wildman–Crippen MR) is 70.3 cm³/mol. The van der Waals surface area contributed by atoms with Crippen molar-refractivity contribution in [1.29, 1.82) is 0 Å². The summed E-state index contributed by atoms with van der Waals surface area (Å²) >= 11 is 0. The largest absolute Gasteiger partial charge is 0.433 e. The highest BCUT2D eigenvalue weighted by Crippen LogP contribution is 2.27. The summed E-state index contributed by atoms with van der Waals surface area (Å²) in [7, 11) is 0. The Morgan fingerprint density at radius 1 is 1.15 bits per heavy atom. The number of anilines is 1. The van der Waals surface area contributed by atoms with E-state index in [2.05, 4.69) is 15.3 Å². The number of alkyl halides is 3. The molecule has 6 heteroatoms. The van der Waals surface area contributed by atoms with E-state index >= 15 is 0 Å². The average molecular weight is 281 g/mol. The fraction of sp³-hybridized carbons (Fsp3) is 0.286. The first-order valence-electron chi connectivity index (χ1n) is 6.16. The van der Waals surface area contributed by atoms with Gasteiger partial charge in [-0.25, -0.2) is 9.97 Å². The third-order valence-electron chi connectivity index (χ3n) is 2.71. The molecular formula is C14H14F3N3. The van der Waals surface area contributed by atoms with Gasteiger partial charge in [-0.1, -0.05) is 30.3 Å². The molecule has 1 N–H and O–H groups in total. The first kappa shape index (κ1) is 14.3. The van der Waals surface area contributed by atoms with Gasteiger partial charge in [-0.05, 0) is 25.0 Å². The maximum Gasteiger partial charge on any atom is 0.433 e. The average Bonchev–Trinajstić information content (AvgIpc) is 2.39. The molecule has 0 bridgehead atoms. The molecule has 2 aromatic rings. The molecule has 0 saturated heterocycles. The van der Waals surface area contributed by atoms with E-state index in [-0.39, 0.29) is 12.0 Å². The van der Waals surface area contributed by atoms with Crippen LogP contribution in [-0.4, -0.2) is 16.0 Å². The monoisotopic (exact) mass is 281 g/mol. The molecule has 3 nitrogen and oxygen atoms in total. The number of rotatable bonds is 4. The molecule has 2 rings (SSSR count). The second-order valence-corrected chi connectivity index (χ2v) is 4.50. The van der Waals surface area contributed by atoms with Crippen LogP contribution in [0.1, 0.15) is 18.2 Å². The van der Waals surface area contributed by atoms with Crippen LogP contribution in [0.25, 0.3) is 0 Å². The van der Waals surface area contributed by atoms with Crippen molar-refractivity contribution in [2.24, 2.45) is 0 Å². The minimum Gasteiger partial charge on any atom is -0.351 e. The lowest BCUT2D eigenvalue weighted by molar-refractivity contribution is -0.141. The number of hydrogen-bond acceptors (Lipinski definition) is 3. The number of benzene rings is 1. The van der Waals surface area contributed by atoms with E-state index in [1.165, 1.54) is 0 Å². The highest BCUT2D eigenvalue weighted by molar-refractivity contribution is 5.28. The number of nitrogens with zero attached hydrogens (tertiary/aromatic N) is 2. The third-order valence-corrected chi connectivity index (χ3v) is 2.71. The lowest BCUT2D eigenvalue weighted by Crippen LogP contribution is -2.21. The number of aromatic nitrogens is 2. The van der Waals surface area contributed by atoms with Crippen molar-refractivity contribution in [3.8, 4) is 0 Å². The molecule has 0 saturated carbocycles. The molecule has 0 aliphatic heterocycles. The summed E-state index contributed by atoms with van der Waals surface area (Å²) in [5, 5.41) is 2.88. The van der Waals surface area contributed by atoms with Crippen LogP contribution in [0.2, 0.25) is 0 Å². The topological polar surface area (TPSA) is 37.8 Å². The van der Waals surface area contributed by atoms with Crippen molar-refractivity contribution < 1.29 is 13.2 Å². The van der Waals surface area contributed by atoms with Crippen LogP contribution in [0.15, 0.2) is 42.6 Å². The van der Waals surface area contributed by atoms with Crippen LogP contribution in [0.3, 0.4) is 0 Å². The van der Waals surface area contributed by atoms with Crippen molar-refractivity contribution in [1.82, 2.24) is 9.97 Å². The lowest BCUT2D eigenvalue weighted by Gasteiger charge is -2.14. The van der Waals surface area contributed by atoms with Crippen molar-refractivity contribution in [2.75, 3.05) is 5.32 Å². The molecule has 1 aromatic heterocycles. The minimum atomic E-state index is -4.46. The summed E-state index contributed by atoms with van der Waals surface area (Å²) in [6.45, 7) is 1.87. The van der Waals surface area contributed by atoms with E-state index in [4.69, 9.17) is 0 Å². The Morgan fingerprint density at radius 2 is 1.85 bits per heavy atom. The quantitative estimate of drug-likeness (QED) is 0.931. The molecular weight excluding hydrogens is 267 g/mol. The Labute approximate surface area is 114 Å². The second-order valence-electron chi connectivity index (χ2n) is 4.50. The summed E-state index contributed by atoms with van der Waals surface area (Å²) in [5.74, 6) is -0.0109. The molecule has 1 atom stereocenters. The molecule has 106 valence electrons. The maximum atomic E-state index is 12.5. The lowest BCUT2D eigenvalue weighted by atomic mass is 10.1. The Balaban J connectivity index is 2.03. The van der Waals surface area contributed by atoms with Crippen LogP contribution in [-0.2, 0) is 12.6 Å². The highest BCUT2D eigenvalue weighted by Gasteiger charge is 2.32. The van der Waals surface area contributed by atoms with Crippen molar-refractivity contribution in [2.45, 2.75) is 25.6 Å². The standard InChI is InChI=1S/C14H14F3N3/c1-10(9-11-5-3-2-4-6-11)19-13-18-8-7-12(20-13)14(15,16)17/h2-8,10H,9H2,1H3,(H,18,19,20). The minimum absolute atomic E-state index is 0.0109. The Bertz CT molecular complexity index is 555. The van der Waals surface area contributed by atoms with E-state index in [9.17, 15) is 13.2 Å². The second kappa shape index (κ2) is 5.90. The maximum absolute atomic E-state index is 12.5. The Kier molecular flexibility index (Phi) is 4.22. The number of hydrogen-bond donors (Lipinski definition) is 1. The van der Waals surface area contributed by atoms with Gasteiger partial charge in [0.15, 0.2) is 0 Å². The molecule has 1 unspecified atom stereocenters. The van der Waals surface area contributed by atoms with E-state index in [1.54, 1.807) is 0 Å². The van der Waals surface area contributed by atoms with E-state index in [0.29, 0.717) is 6.42 Å². The van der Waals surface area contributed by atoms with Crippen molar-refractivity contribution in [3.63, 3.8) is 0 Å². The van der Waals surface area contributed by atoms with E-state index in [0.717, 1.165) is 17.8 Å². The van der Waals surface area contributed by atoms with Gasteiger partial charge in [0.05, 0.1) is 0 Å². The molecule has 0 spiro atoms. The van der Waals surface area contributed by atoms with E-state index in [1.807, 2.05) is 37.3 Å². The first-order valence-corrected chi connectivity index (χ1v) is 6.16. The van der Waals surface area contributed by atoms with Gasteiger partial charge < -0.3 is 5.32 Å². The zero-order chi connectivity index (χ0) is 14.6. The third kappa shape index (κ3) is 3.94. The smallest absolute Gasteiger partial charge is 0.351 e. The van der Waals surface area contributed by atoms with E-state index < -0.39 is 11.9 Å². The van der Waals surface area contributed by atoms with Gasteiger partial charge in [-0.3, -0.25) is 0 Å². The molecule has 0 aliphatic carbocycles. The van der Waals surface area contributed by atoms with Gasteiger partial charge in [-0.2, -0.15) is 13.2 Å². The van der Waals surface area contributed by atoms with Gasteiger partial charge in [0.2, 0.25) is 5.95 Å². The summed E-state index contributed by atoms with van der Waals surface area (Å²) in [6, 6.07) is 10.5. The van der Waals surface area contributed by atoms with Crippen LogP contribution in [0, 0.1) is 0 Å². The normalized spacial score (nSPS) is 13.0. The zero-order valence-corrected chi connectivity index (χ0v) is 10.9. The van der Waals surface area contributed by atoms with Gasteiger partial charge in [0, 0.05) is 12.2 Å². The van der Waals surface area contributed by atoms with Crippen LogP contribution >= 0.6 is 0 Å². The Hall–Kier alpha value is -2.11. The summed E-state index contributed by atoms with van der Waals surface area (Å²) in [6.07, 6.45) is -2.67. The van der Waals surface area contributed by atoms with Crippen molar-refractivity contribution >= 4 is 5.95 Å². The fourth-order valence-electron chi connectivity index (χ4n) is 1.83. The van der Waals surface area contributed by atoms with Gasteiger partial charge in [0.25, 0.3) is 0 Å². The summed E-state index contributed by atoms with van der Waals surface area (Å²) < 4.78 is 37.6. The summed E-state index contributed by atoms with van der Waals surface area (Å²) in [4.78, 5) is 7.29. The SMILES string of the molecule is CC(Cc1ccccc1)Nc1nccc(C(F)(F)F)n1. The zero-order valence-electron chi connectivity index (χ0n) is 10.9. The predicted octanol–water partition coefficient (Wildman–Crippen LogP) is 3.54. The molecule has 1 aromatic carbocycles. The van der Waals surface area contributed by atoms with Crippen LogP contribution in [0.4, 0.5) is 19.1 Å². The first-order chi connectivity index (χ1) is 9.45. The highest BCUT2D eigenvalue weighted by atomic mass is 19.4.